The van der Waals surface area contributed by atoms with Gasteiger partial charge in [0, 0.05) is 24.7 Å². The van der Waals surface area contributed by atoms with E-state index in [2.05, 4.69) is 5.32 Å². The lowest BCUT2D eigenvalue weighted by Crippen LogP contribution is -2.28. The topological polar surface area (TPSA) is 128 Å². The number of carbonyl (C=O) groups excluding carboxylic acids is 1. The van der Waals surface area contributed by atoms with Crippen LogP contribution in [-0.2, 0) is 10.0 Å². The smallest absolute Gasteiger partial charge is 0.296 e. The van der Waals surface area contributed by atoms with Gasteiger partial charge in [0.25, 0.3) is 11.6 Å². The van der Waals surface area contributed by atoms with Crippen molar-refractivity contribution < 1.29 is 27.6 Å². The molecule has 1 saturated heterocycles. The lowest BCUT2D eigenvalue weighted by atomic mass is 10.2. The summed E-state index contributed by atoms with van der Waals surface area (Å²) in [4.78, 5) is 23.5. The number of ether oxygens (including phenoxy) is 2. The number of hydrogen-bond acceptors (Lipinski definition) is 7. The Kier molecular flexibility index (Phi) is 5.31. The number of hydrogen-bond donors (Lipinski definition) is 1. The molecule has 2 aliphatic heterocycles. The largest absolute Gasteiger partial charge is 0.486 e. The second kappa shape index (κ2) is 7.92. The van der Waals surface area contributed by atoms with Crippen molar-refractivity contribution in [3.05, 3.63) is 52.1 Å². The third-order valence-electron chi connectivity index (χ3n) is 4.90. The van der Waals surface area contributed by atoms with Crippen LogP contribution in [0.3, 0.4) is 0 Å². The summed E-state index contributed by atoms with van der Waals surface area (Å²) in [6.07, 6.45) is 1.60. The SMILES string of the molecule is O=C(Nc1cc2c(cc1[N+](=O)[O-])OCCO2)c1cccc(S(=O)(=O)N2CCCC2)c1. The fourth-order valence-corrected chi connectivity index (χ4v) is 4.96. The summed E-state index contributed by atoms with van der Waals surface area (Å²) < 4.78 is 37.6. The quantitative estimate of drug-likeness (QED) is 0.566. The van der Waals surface area contributed by atoms with Gasteiger partial charge in [0.1, 0.15) is 18.9 Å². The number of nitrogens with zero attached hydrogens (tertiary/aromatic N) is 2. The van der Waals surface area contributed by atoms with E-state index in [0.717, 1.165) is 12.8 Å². The van der Waals surface area contributed by atoms with Crippen molar-refractivity contribution in [3.63, 3.8) is 0 Å². The van der Waals surface area contributed by atoms with Gasteiger partial charge in [0.05, 0.1) is 15.9 Å². The fourth-order valence-electron chi connectivity index (χ4n) is 3.40. The minimum absolute atomic E-state index is 0.00808. The first-order valence-electron chi connectivity index (χ1n) is 9.36. The first kappa shape index (κ1) is 20.1. The van der Waals surface area contributed by atoms with Gasteiger partial charge in [-0.2, -0.15) is 4.31 Å². The Hall–Kier alpha value is -3.18. The number of nitro groups is 1. The number of carbonyl (C=O) groups is 1. The maximum atomic E-state index is 12.7. The average molecular weight is 433 g/mol. The van der Waals surface area contributed by atoms with E-state index in [9.17, 15) is 23.3 Å². The van der Waals surface area contributed by atoms with Crippen molar-refractivity contribution in [1.82, 2.24) is 4.31 Å². The van der Waals surface area contributed by atoms with Gasteiger partial charge in [-0.15, -0.1) is 0 Å². The molecule has 1 amide bonds. The first-order chi connectivity index (χ1) is 14.4. The van der Waals surface area contributed by atoms with E-state index in [1.165, 1.54) is 40.7 Å². The molecule has 0 bridgehead atoms. The monoisotopic (exact) mass is 433 g/mol. The number of fused-ring (bicyclic) bond motifs is 1. The molecule has 2 aromatic rings. The van der Waals surface area contributed by atoms with Gasteiger partial charge in [-0.1, -0.05) is 6.07 Å². The Morgan fingerprint density at radius 1 is 1.07 bits per heavy atom. The average Bonchev–Trinajstić information content (AvgIpc) is 3.29. The van der Waals surface area contributed by atoms with Crippen LogP contribution >= 0.6 is 0 Å². The molecule has 0 aromatic heterocycles. The summed E-state index contributed by atoms with van der Waals surface area (Å²) in [7, 11) is -3.69. The molecule has 4 rings (SSSR count). The maximum Gasteiger partial charge on any atom is 0.296 e. The van der Waals surface area contributed by atoms with Crippen molar-refractivity contribution >= 4 is 27.3 Å². The molecule has 2 aliphatic rings. The zero-order valence-electron chi connectivity index (χ0n) is 15.9. The molecule has 30 heavy (non-hydrogen) atoms. The van der Waals surface area contributed by atoms with Crippen molar-refractivity contribution in [2.24, 2.45) is 0 Å². The molecule has 0 radical (unpaired) electrons. The molecule has 0 unspecified atom stereocenters. The minimum Gasteiger partial charge on any atom is -0.486 e. The molecular formula is C19H19N3O7S. The summed E-state index contributed by atoms with van der Waals surface area (Å²) in [5.41, 5.74) is -0.352. The van der Waals surface area contributed by atoms with E-state index in [1.807, 2.05) is 0 Å². The van der Waals surface area contributed by atoms with Crippen LogP contribution in [0.25, 0.3) is 0 Å². The summed E-state index contributed by atoms with van der Waals surface area (Å²) in [5, 5.41) is 13.9. The van der Waals surface area contributed by atoms with Crippen molar-refractivity contribution in [3.8, 4) is 11.5 Å². The van der Waals surface area contributed by atoms with Crippen LogP contribution in [0, 0.1) is 10.1 Å². The number of benzene rings is 2. The number of sulfonamides is 1. The Morgan fingerprint density at radius 3 is 2.40 bits per heavy atom. The van der Waals surface area contributed by atoms with Crippen LogP contribution in [0.4, 0.5) is 11.4 Å². The molecule has 2 heterocycles. The number of rotatable bonds is 5. The third-order valence-corrected chi connectivity index (χ3v) is 6.80. The molecular weight excluding hydrogens is 414 g/mol. The van der Waals surface area contributed by atoms with Gasteiger partial charge in [-0.05, 0) is 31.0 Å². The molecule has 0 spiro atoms. The summed E-state index contributed by atoms with van der Waals surface area (Å²) >= 11 is 0. The van der Waals surface area contributed by atoms with Gasteiger partial charge in [0.15, 0.2) is 11.5 Å². The highest BCUT2D eigenvalue weighted by molar-refractivity contribution is 7.89. The van der Waals surface area contributed by atoms with Gasteiger partial charge < -0.3 is 14.8 Å². The van der Waals surface area contributed by atoms with Crippen LogP contribution in [-0.4, -0.2) is 49.9 Å². The number of nitrogens with one attached hydrogen (secondary N) is 1. The van der Waals surface area contributed by atoms with Crippen LogP contribution in [0.1, 0.15) is 23.2 Å². The van der Waals surface area contributed by atoms with E-state index in [1.54, 1.807) is 0 Å². The Balaban J connectivity index is 1.63. The van der Waals surface area contributed by atoms with Crippen LogP contribution in [0.2, 0.25) is 0 Å². The molecule has 0 saturated carbocycles. The summed E-state index contributed by atoms with van der Waals surface area (Å²) in [5.74, 6) is -0.162. The maximum absolute atomic E-state index is 12.7. The highest BCUT2D eigenvalue weighted by Gasteiger charge is 2.28. The normalized spacial score (nSPS) is 16.3. The van der Waals surface area contributed by atoms with Crippen LogP contribution in [0.5, 0.6) is 11.5 Å². The molecule has 1 fully saturated rings. The van der Waals surface area contributed by atoms with Gasteiger partial charge in [-0.3, -0.25) is 14.9 Å². The van der Waals surface area contributed by atoms with E-state index < -0.39 is 20.9 Å². The number of amides is 1. The number of nitro benzene ring substituents is 1. The molecule has 0 atom stereocenters. The minimum atomic E-state index is -3.69. The van der Waals surface area contributed by atoms with Gasteiger partial charge in [-0.25, -0.2) is 8.42 Å². The summed E-state index contributed by atoms with van der Waals surface area (Å²) in [6.45, 7) is 1.45. The molecule has 10 nitrogen and oxygen atoms in total. The third kappa shape index (κ3) is 3.81. The Bertz CT molecular complexity index is 1110. The second-order valence-corrected chi connectivity index (χ2v) is 8.80. The lowest BCUT2D eigenvalue weighted by Gasteiger charge is -2.19. The van der Waals surface area contributed by atoms with E-state index >= 15 is 0 Å². The summed E-state index contributed by atoms with van der Waals surface area (Å²) in [6, 6.07) is 8.13. The van der Waals surface area contributed by atoms with Crippen LogP contribution < -0.4 is 14.8 Å². The van der Waals surface area contributed by atoms with Crippen molar-refractivity contribution in [1.29, 1.82) is 0 Å². The number of anilines is 1. The molecule has 158 valence electrons. The standard InChI is InChI=1S/C19H19N3O7S/c23-19(13-4-3-5-14(10-13)30(26,27)21-6-1-2-7-21)20-15-11-17-18(29-9-8-28-17)12-16(15)22(24)25/h3-5,10-12H,1-2,6-9H2,(H,20,23). The molecule has 11 heteroatoms. The molecule has 0 aliphatic carbocycles. The zero-order valence-corrected chi connectivity index (χ0v) is 16.7. The van der Waals surface area contributed by atoms with Gasteiger partial charge >= 0.3 is 0 Å². The zero-order chi connectivity index (χ0) is 21.3. The van der Waals surface area contributed by atoms with Crippen LogP contribution in [0.15, 0.2) is 41.3 Å². The van der Waals surface area contributed by atoms with Crippen molar-refractivity contribution in [2.75, 3.05) is 31.6 Å². The fraction of sp³-hybridized carbons (Fsp3) is 0.316. The first-order valence-corrected chi connectivity index (χ1v) is 10.8. The Labute approximate surface area is 172 Å². The molecule has 1 N–H and O–H groups in total. The highest BCUT2D eigenvalue weighted by atomic mass is 32.2. The second-order valence-electron chi connectivity index (χ2n) is 6.86. The van der Waals surface area contributed by atoms with E-state index in [0.29, 0.717) is 13.1 Å². The predicted molar refractivity (Wildman–Crippen MR) is 106 cm³/mol. The predicted octanol–water partition coefficient (Wildman–Crippen LogP) is 2.40. The Morgan fingerprint density at radius 2 is 1.73 bits per heavy atom. The van der Waals surface area contributed by atoms with Crippen molar-refractivity contribution in [2.45, 2.75) is 17.7 Å². The van der Waals surface area contributed by atoms with Gasteiger partial charge in [0.2, 0.25) is 10.0 Å². The van der Waals surface area contributed by atoms with E-state index in [4.69, 9.17) is 9.47 Å². The van der Waals surface area contributed by atoms with E-state index in [-0.39, 0.29) is 46.5 Å². The highest BCUT2D eigenvalue weighted by Crippen LogP contribution is 2.39. The lowest BCUT2D eigenvalue weighted by molar-refractivity contribution is -0.384. The molecule has 2 aromatic carbocycles.